The molecule has 0 aliphatic carbocycles. The molecule has 158 valence electrons. The van der Waals surface area contributed by atoms with Gasteiger partial charge in [0.1, 0.15) is 11.8 Å². The highest BCUT2D eigenvalue weighted by Crippen LogP contribution is 2.28. The minimum atomic E-state index is -3.68. The van der Waals surface area contributed by atoms with E-state index in [4.69, 9.17) is 16.3 Å². The van der Waals surface area contributed by atoms with Crippen molar-refractivity contribution in [1.82, 2.24) is 5.32 Å². The van der Waals surface area contributed by atoms with Crippen molar-refractivity contribution in [3.63, 3.8) is 0 Å². The minimum absolute atomic E-state index is 0.357. The highest BCUT2D eigenvalue weighted by Gasteiger charge is 2.30. The van der Waals surface area contributed by atoms with Crippen LogP contribution in [0.1, 0.15) is 24.5 Å². The first-order valence-electron chi connectivity index (χ1n) is 9.29. The van der Waals surface area contributed by atoms with Crippen LogP contribution in [0.15, 0.2) is 42.5 Å². The van der Waals surface area contributed by atoms with Gasteiger partial charge < -0.3 is 10.1 Å². The Balaban J connectivity index is 2.01. The number of nitrogens with one attached hydrogen (secondary N) is 1. The lowest BCUT2D eigenvalue weighted by molar-refractivity contribution is -0.121. The monoisotopic (exact) mass is 438 g/mol. The second-order valence-electron chi connectivity index (χ2n) is 6.91. The van der Waals surface area contributed by atoms with E-state index in [2.05, 4.69) is 5.32 Å². The molecule has 29 heavy (non-hydrogen) atoms. The lowest BCUT2D eigenvalue weighted by Gasteiger charge is -2.29. The minimum Gasteiger partial charge on any atom is -0.497 e. The number of nitrogens with zero attached hydrogens (tertiary/aromatic N) is 1. The van der Waals surface area contributed by atoms with Crippen LogP contribution in [0, 0.1) is 6.92 Å². The number of carbonyl (C=O) groups excluding carboxylic acids is 1. The molecular formula is C21H27ClN2O4S. The van der Waals surface area contributed by atoms with Crippen molar-refractivity contribution >= 4 is 33.2 Å². The van der Waals surface area contributed by atoms with E-state index in [1.54, 1.807) is 39.2 Å². The van der Waals surface area contributed by atoms with Crippen LogP contribution >= 0.6 is 11.6 Å². The standard InChI is InChI=1S/C21H27ClN2O4S/c1-15-7-10-18(22)14-20(15)24(29(4,26)27)16(2)21(25)23-13-5-6-17-8-11-19(28-3)12-9-17/h7-12,14,16H,5-6,13H2,1-4H3,(H,23,25)/t16-/m1/s1. The van der Waals surface area contributed by atoms with Gasteiger partial charge in [-0.2, -0.15) is 0 Å². The first kappa shape index (κ1) is 23.0. The molecule has 2 aromatic carbocycles. The predicted molar refractivity (Wildman–Crippen MR) is 117 cm³/mol. The van der Waals surface area contributed by atoms with Crippen molar-refractivity contribution in [3.05, 3.63) is 58.6 Å². The van der Waals surface area contributed by atoms with E-state index < -0.39 is 16.1 Å². The van der Waals surface area contributed by atoms with Crippen molar-refractivity contribution in [2.75, 3.05) is 24.2 Å². The molecule has 6 nitrogen and oxygen atoms in total. The average molecular weight is 439 g/mol. The number of hydrogen-bond donors (Lipinski definition) is 1. The number of carbonyl (C=O) groups is 1. The predicted octanol–water partition coefficient (Wildman–Crippen LogP) is 3.56. The lowest BCUT2D eigenvalue weighted by Crippen LogP contribution is -2.48. The average Bonchev–Trinajstić information content (AvgIpc) is 2.67. The van der Waals surface area contributed by atoms with Gasteiger partial charge in [0.2, 0.25) is 15.9 Å². The van der Waals surface area contributed by atoms with Gasteiger partial charge in [0.25, 0.3) is 0 Å². The lowest BCUT2D eigenvalue weighted by atomic mass is 10.1. The molecule has 0 fully saturated rings. The van der Waals surface area contributed by atoms with E-state index in [0.29, 0.717) is 17.3 Å². The summed E-state index contributed by atoms with van der Waals surface area (Å²) in [6.07, 6.45) is 2.61. The number of hydrogen-bond acceptors (Lipinski definition) is 4. The second kappa shape index (κ2) is 9.98. The van der Waals surface area contributed by atoms with Crippen molar-refractivity contribution in [2.24, 2.45) is 0 Å². The molecule has 0 unspecified atom stereocenters. The molecule has 0 bridgehead atoms. The maximum Gasteiger partial charge on any atom is 0.243 e. The highest BCUT2D eigenvalue weighted by molar-refractivity contribution is 7.92. The zero-order valence-corrected chi connectivity index (χ0v) is 18.7. The SMILES string of the molecule is COc1ccc(CCCNC(=O)[C@@H](C)N(c2cc(Cl)ccc2C)S(C)(=O)=O)cc1. The zero-order chi connectivity index (χ0) is 21.6. The number of aryl methyl sites for hydroxylation is 2. The van der Waals surface area contributed by atoms with Crippen LogP contribution < -0.4 is 14.4 Å². The van der Waals surface area contributed by atoms with Gasteiger partial charge in [-0.25, -0.2) is 8.42 Å². The Morgan fingerprint density at radius 3 is 2.45 bits per heavy atom. The number of halogens is 1. The van der Waals surface area contributed by atoms with Gasteiger partial charge in [-0.15, -0.1) is 0 Å². The van der Waals surface area contributed by atoms with Crippen LogP contribution in [0.5, 0.6) is 5.75 Å². The van der Waals surface area contributed by atoms with Crippen LogP contribution in [-0.2, 0) is 21.2 Å². The maximum atomic E-state index is 12.6. The Hall–Kier alpha value is -2.25. The number of amides is 1. The van der Waals surface area contributed by atoms with Crippen molar-refractivity contribution in [3.8, 4) is 5.75 Å². The van der Waals surface area contributed by atoms with E-state index in [1.807, 2.05) is 24.3 Å². The Bertz CT molecular complexity index is 946. The van der Waals surface area contributed by atoms with E-state index in [0.717, 1.165) is 40.3 Å². The molecule has 0 aliphatic rings. The molecule has 0 radical (unpaired) electrons. The quantitative estimate of drug-likeness (QED) is 0.607. The van der Waals surface area contributed by atoms with Crippen LogP contribution in [0.25, 0.3) is 0 Å². The molecule has 1 amide bonds. The summed E-state index contributed by atoms with van der Waals surface area (Å²) in [5, 5.41) is 3.24. The zero-order valence-electron chi connectivity index (χ0n) is 17.1. The van der Waals surface area contributed by atoms with Crippen LogP contribution in [0.4, 0.5) is 5.69 Å². The summed E-state index contributed by atoms with van der Waals surface area (Å²) in [4.78, 5) is 12.6. The Kier molecular flexibility index (Phi) is 7.93. The van der Waals surface area contributed by atoms with Gasteiger partial charge in [0.05, 0.1) is 19.1 Å². The Labute approximate surface area is 177 Å². The third kappa shape index (κ3) is 6.37. The second-order valence-corrected chi connectivity index (χ2v) is 9.20. The Morgan fingerprint density at radius 1 is 1.21 bits per heavy atom. The van der Waals surface area contributed by atoms with Crippen molar-refractivity contribution in [1.29, 1.82) is 0 Å². The molecule has 2 rings (SSSR count). The van der Waals surface area contributed by atoms with E-state index in [1.165, 1.54) is 0 Å². The maximum absolute atomic E-state index is 12.6. The molecule has 1 N–H and O–H groups in total. The first-order chi connectivity index (χ1) is 13.6. The molecule has 0 spiro atoms. The third-order valence-electron chi connectivity index (χ3n) is 4.60. The van der Waals surface area contributed by atoms with E-state index in [-0.39, 0.29) is 5.91 Å². The Morgan fingerprint density at radius 2 is 1.86 bits per heavy atom. The van der Waals surface area contributed by atoms with Crippen molar-refractivity contribution in [2.45, 2.75) is 32.7 Å². The van der Waals surface area contributed by atoms with Gasteiger partial charge in [0.15, 0.2) is 0 Å². The number of rotatable bonds is 9. The molecule has 0 aromatic heterocycles. The smallest absolute Gasteiger partial charge is 0.243 e. The third-order valence-corrected chi connectivity index (χ3v) is 6.06. The molecular weight excluding hydrogens is 412 g/mol. The molecule has 0 saturated carbocycles. The fourth-order valence-electron chi connectivity index (χ4n) is 3.04. The van der Waals surface area contributed by atoms with E-state index in [9.17, 15) is 13.2 Å². The summed E-state index contributed by atoms with van der Waals surface area (Å²) in [6, 6.07) is 11.8. The normalized spacial score (nSPS) is 12.3. The molecule has 0 saturated heterocycles. The van der Waals surface area contributed by atoms with Gasteiger partial charge in [-0.1, -0.05) is 29.8 Å². The van der Waals surface area contributed by atoms with Crippen LogP contribution in [0.2, 0.25) is 5.02 Å². The summed E-state index contributed by atoms with van der Waals surface area (Å²) >= 11 is 6.04. The van der Waals surface area contributed by atoms with Gasteiger partial charge in [-0.3, -0.25) is 9.10 Å². The summed E-state index contributed by atoms with van der Waals surface area (Å²) in [5.74, 6) is 0.442. The van der Waals surface area contributed by atoms with Gasteiger partial charge in [0, 0.05) is 11.6 Å². The van der Waals surface area contributed by atoms with Gasteiger partial charge in [-0.05, 0) is 62.1 Å². The fraction of sp³-hybridized carbons (Fsp3) is 0.381. The highest BCUT2D eigenvalue weighted by atomic mass is 35.5. The van der Waals surface area contributed by atoms with Gasteiger partial charge >= 0.3 is 0 Å². The molecule has 0 heterocycles. The topological polar surface area (TPSA) is 75.7 Å². The summed E-state index contributed by atoms with van der Waals surface area (Å²) in [5.41, 5.74) is 2.26. The number of sulfonamides is 1. The van der Waals surface area contributed by atoms with Crippen LogP contribution in [-0.4, -0.2) is 40.3 Å². The van der Waals surface area contributed by atoms with Crippen LogP contribution in [0.3, 0.4) is 0 Å². The molecule has 2 aromatic rings. The van der Waals surface area contributed by atoms with Crippen molar-refractivity contribution < 1.29 is 17.9 Å². The molecule has 8 heteroatoms. The fourth-order valence-corrected chi connectivity index (χ4v) is 4.44. The van der Waals surface area contributed by atoms with E-state index >= 15 is 0 Å². The number of benzene rings is 2. The largest absolute Gasteiger partial charge is 0.497 e. The number of ether oxygens (including phenoxy) is 1. The molecule has 1 atom stereocenters. The first-order valence-corrected chi connectivity index (χ1v) is 11.5. The molecule has 0 aliphatic heterocycles. The number of methoxy groups -OCH3 is 1. The number of anilines is 1. The summed E-state index contributed by atoms with van der Waals surface area (Å²) in [7, 11) is -2.06. The summed E-state index contributed by atoms with van der Waals surface area (Å²) in [6.45, 7) is 3.80. The summed E-state index contributed by atoms with van der Waals surface area (Å²) < 4.78 is 31.1.